The van der Waals surface area contributed by atoms with Crippen LogP contribution in [0, 0.1) is 0 Å². The Morgan fingerprint density at radius 3 is 1.04 bits per heavy atom. The van der Waals surface area contributed by atoms with Gasteiger partial charge in [-0.25, -0.2) is 0 Å². The number of aliphatic hydroxyl groups excluding tert-OH is 2. The summed E-state index contributed by atoms with van der Waals surface area (Å²) in [7, 11) is 0. The Labute approximate surface area is 292 Å². The molecule has 0 bridgehead atoms. The van der Waals surface area contributed by atoms with Gasteiger partial charge in [-0.2, -0.15) is 0 Å². The molecule has 0 aliphatic heterocycles. The van der Waals surface area contributed by atoms with E-state index in [-0.39, 0.29) is 50.3 Å². The monoisotopic (exact) mass is 689 g/mol. The normalized spacial score (nSPS) is 11.4. The van der Waals surface area contributed by atoms with Gasteiger partial charge >= 0.3 is 23.9 Å². The first kappa shape index (κ1) is 47.9. The zero-order valence-electron chi connectivity index (χ0n) is 31.1. The van der Waals surface area contributed by atoms with Crippen molar-refractivity contribution in [2.24, 2.45) is 0 Å². The zero-order valence-corrected chi connectivity index (χ0v) is 31.1. The van der Waals surface area contributed by atoms with Crippen molar-refractivity contribution in [1.82, 2.24) is 0 Å². The molecule has 1 unspecified atom stereocenters. The molecule has 284 valence electrons. The molecule has 0 aromatic heterocycles. The number of ether oxygens (including phenoxy) is 4. The predicted octanol–water partition coefficient (Wildman–Crippen LogP) is 8.31. The molecular weight excluding hydrogens is 616 g/mol. The molecule has 1 atom stereocenters. The summed E-state index contributed by atoms with van der Waals surface area (Å²) in [5.74, 6) is -1.22. The summed E-state index contributed by atoms with van der Waals surface area (Å²) in [6.07, 6.45) is 21.2. The molecule has 0 saturated carbocycles. The Morgan fingerprint density at radius 1 is 0.438 bits per heavy atom. The van der Waals surface area contributed by atoms with Crippen LogP contribution in [0.5, 0.6) is 0 Å². The maximum atomic E-state index is 11.7. The Bertz CT molecular complexity index is 728. The Kier molecular flexibility index (Phi) is 37.5. The molecule has 0 saturated heterocycles. The molecule has 0 heterocycles. The van der Waals surface area contributed by atoms with Crippen LogP contribution in [-0.2, 0) is 38.1 Å². The molecule has 0 spiro atoms. The SMILES string of the molecule is CCCCCCCC(=O)OCC(CO)OC(=O)CCCCCCC.CCCCCCCC(=O)OCC(O)COC(=O)CCCCCCC. The summed E-state index contributed by atoms with van der Waals surface area (Å²) in [4.78, 5) is 46.3. The summed E-state index contributed by atoms with van der Waals surface area (Å²) in [5, 5.41) is 18.9. The van der Waals surface area contributed by atoms with Crippen LogP contribution < -0.4 is 0 Å². The minimum absolute atomic E-state index is 0.0636. The van der Waals surface area contributed by atoms with E-state index >= 15 is 0 Å². The van der Waals surface area contributed by atoms with Crippen LogP contribution in [0.4, 0.5) is 0 Å². The number of carbonyl (C=O) groups is 4. The van der Waals surface area contributed by atoms with E-state index in [1.54, 1.807) is 0 Å². The third-order valence-corrected chi connectivity index (χ3v) is 7.74. The molecule has 0 radical (unpaired) electrons. The molecule has 48 heavy (non-hydrogen) atoms. The van der Waals surface area contributed by atoms with Crippen molar-refractivity contribution in [2.45, 2.75) is 194 Å². The first-order chi connectivity index (χ1) is 23.2. The van der Waals surface area contributed by atoms with Gasteiger partial charge in [-0.05, 0) is 25.7 Å². The lowest BCUT2D eigenvalue weighted by molar-refractivity contribution is -0.161. The van der Waals surface area contributed by atoms with E-state index in [1.165, 1.54) is 51.4 Å². The number of aliphatic hydroxyl groups is 2. The van der Waals surface area contributed by atoms with E-state index in [2.05, 4.69) is 27.7 Å². The minimum Gasteiger partial charge on any atom is -0.463 e. The fourth-order valence-electron chi connectivity index (χ4n) is 4.69. The second kappa shape index (κ2) is 37.6. The van der Waals surface area contributed by atoms with E-state index in [0.29, 0.717) is 25.7 Å². The summed E-state index contributed by atoms with van der Waals surface area (Å²) < 4.78 is 20.2. The number of rotatable bonds is 32. The number of unbranched alkanes of at least 4 members (excludes halogenated alkanes) is 16. The van der Waals surface area contributed by atoms with Gasteiger partial charge in [0.05, 0.1) is 6.61 Å². The molecule has 0 aliphatic carbocycles. The van der Waals surface area contributed by atoms with Crippen LogP contribution in [0.25, 0.3) is 0 Å². The van der Waals surface area contributed by atoms with E-state index in [0.717, 1.165) is 77.0 Å². The van der Waals surface area contributed by atoms with Gasteiger partial charge in [-0.3, -0.25) is 19.2 Å². The average molecular weight is 689 g/mol. The predicted molar refractivity (Wildman–Crippen MR) is 189 cm³/mol. The highest BCUT2D eigenvalue weighted by atomic mass is 16.6. The highest BCUT2D eigenvalue weighted by Crippen LogP contribution is 2.10. The summed E-state index contributed by atoms with van der Waals surface area (Å²) >= 11 is 0. The highest BCUT2D eigenvalue weighted by Gasteiger charge is 2.16. The van der Waals surface area contributed by atoms with Crippen molar-refractivity contribution < 1.29 is 48.3 Å². The quantitative estimate of drug-likeness (QED) is 0.0402. The summed E-state index contributed by atoms with van der Waals surface area (Å²) in [5.41, 5.74) is 0. The fourth-order valence-corrected chi connectivity index (χ4v) is 4.69. The molecule has 0 rings (SSSR count). The molecule has 0 fully saturated rings. The van der Waals surface area contributed by atoms with Gasteiger partial charge in [-0.15, -0.1) is 0 Å². The lowest BCUT2D eigenvalue weighted by Gasteiger charge is -2.15. The molecule has 0 aromatic rings. The van der Waals surface area contributed by atoms with E-state index in [9.17, 15) is 29.4 Å². The molecule has 0 aromatic carbocycles. The van der Waals surface area contributed by atoms with Crippen molar-refractivity contribution in [3.63, 3.8) is 0 Å². The van der Waals surface area contributed by atoms with Crippen molar-refractivity contribution >= 4 is 23.9 Å². The number of carbonyl (C=O) groups excluding carboxylic acids is 4. The van der Waals surface area contributed by atoms with Gasteiger partial charge in [-0.1, -0.05) is 130 Å². The summed E-state index contributed by atoms with van der Waals surface area (Å²) in [6.45, 7) is 7.97. The van der Waals surface area contributed by atoms with E-state index < -0.39 is 12.2 Å². The molecular formula is C38H72O10. The van der Waals surface area contributed by atoms with Crippen LogP contribution in [0.2, 0.25) is 0 Å². The van der Waals surface area contributed by atoms with Crippen molar-refractivity contribution in [3.05, 3.63) is 0 Å². The highest BCUT2D eigenvalue weighted by molar-refractivity contribution is 5.70. The van der Waals surface area contributed by atoms with Crippen LogP contribution in [0.3, 0.4) is 0 Å². The molecule has 2 N–H and O–H groups in total. The summed E-state index contributed by atoms with van der Waals surface area (Å²) in [6, 6.07) is 0. The topological polar surface area (TPSA) is 146 Å². The molecule has 10 nitrogen and oxygen atoms in total. The van der Waals surface area contributed by atoms with Crippen molar-refractivity contribution in [2.75, 3.05) is 26.4 Å². The van der Waals surface area contributed by atoms with E-state index in [1.807, 2.05) is 0 Å². The standard InChI is InChI=1S/2C19H36O5/c1-3-5-7-9-11-13-18(21)23-15-17(20)16-24-19(22)14-12-10-8-6-4-2;1-3-5-7-9-11-13-18(21)23-16-17(15-20)24-19(22)14-12-10-8-6-4-2/h2*17,20H,3-16H2,1-2H3. The van der Waals surface area contributed by atoms with E-state index in [4.69, 9.17) is 18.9 Å². The van der Waals surface area contributed by atoms with Crippen molar-refractivity contribution in [1.29, 1.82) is 0 Å². The molecule has 10 heteroatoms. The van der Waals surface area contributed by atoms with Gasteiger partial charge in [0, 0.05) is 25.7 Å². The first-order valence-electron chi connectivity index (χ1n) is 19.2. The third-order valence-electron chi connectivity index (χ3n) is 7.74. The largest absolute Gasteiger partial charge is 0.463 e. The number of hydrogen-bond donors (Lipinski definition) is 2. The lowest BCUT2D eigenvalue weighted by atomic mass is 10.1. The minimum atomic E-state index is -0.946. The van der Waals surface area contributed by atoms with Gasteiger partial charge in [0.1, 0.15) is 25.9 Å². The van der Waals surface area contributed by atoms with Gasteiger partial charge in [0.2, 0.25) is 0 Å². The fraction of sp³-hybridized carbons (Fsp3) is 0.895. The van der Waals surface area contributed by atoms with Crippen LogP contribution in [0.1, 0.15) is 182 Å². The molecule has 0 amide bonds. The Morgan fingerprint density at radius 2 is 0.729 bits per heavy atom. The average Bonchev–Trinajstić information content (AvgIpc) is 3.08. The van der Waals surface area contributed by atoms with Gasteiger partial charge in [0.25, 0.3) is 0 Å². The van der Waals surface area contributed by atoms with Crippen LogP contribution in [-0.4, -0.2) is 72.7 Å². The maximum Gasteiger partial charge on any atom is 0.306 e. The zero-order chi connectivity index (χ0) is 36.1. The van der Waals surface area contributed by atoms with Crippen molar-refractivity contribution in [3.8, 4) is 0 Å². The maximum absolute atomic E-state index is 11.7. The molecule has 0 aliphatic rings. The Balaban J connectivity index is 0. The number of esters is 4. The van der Waals surface area contributed by atoms with Gasteiger partial charge in [0.15, 0.2) is 6.10 Å². The first-order valence-corrected chi connectivity index (χ1v) is 19.2. The lowest BCUT2D eigenvalue weighted by Crippen LogP contribution is -2.28. The Hall–Kier alpha value is -2.20. The smallest absolute Gasteiger partial charge is 0.306 e. The van der Waals surface area contributed by atoms with Crippen LogP contribution >= 0.6 is 0 Å². The second-order valence-corrected chi connectivity index (χ2v) is 12.7. The van der Waals surface area contributed by atoms with Gasteiger partial charge < -0.3 is 29.2 Å². The number of hydrogen-bond acceptors (Lipinski definition) is 10. The second-order valence-electron chi connectivity index (χ2n) is 12.7. The van der Waals surface area contributed by atoms with Crippen LogP contribution in [0.15, 0.2) is 0 Å². The third kappa shape index (κ3) is 36.6.